The van der Waals surface area contributed by atoms with E-state index in [-0.39, 0.29) is 0 Å². The molecule has 108 valence electrons. The predicted octanol–water partition coefficient (Wildman–Crippen LogP) is 2.16. The van der Waals surface area contributed by atoms with Crippen LogP contribution in [-0.4, -0.2) is 28.3 Å². The fraction of sp³-hybridized carbons (Fsp3) is 0.438. The van der Waals surface area contributed by atoms with E-state index >= 15 is 0 Å². The molecule has 0 aliphatic heterocycles. The fourth-order valence-corrected chi connectivity index (χ4v) is 2.36. The lowest BCUT2D eigenvalue weighted by Gasteiger charge is -2.18. The van der Waals surface area contributed by atoms with Crippen LogP contribution in [0.1, 0.15) is 23.6 Å². The van der Waals surface area contributed by atoms with Gasteiger partial charge in [-0.2, -0.15) is 5.10 Å². The summed E-state index contributed by atoms with van der Waals surface area (Å²) < 4.78 is 1.85. The van der Waals surface area contributed by atoms with Crippen LogP contribution in [0.5, 0.6) is 0 Å². The molecule has 0 aliphatic carbocycles. The molecule has 0 amide bonds. The summed E-state index contributed by atoms with van der Waals surface area (Å²) >= 11 is 0. The van der Waals surface area contributed by atoms with Gasteiger partial charge in [0.2, 0.25) is 0 Å². The van der Waals surface area contributed by atoms with Crippen LogP contribution in [0.4, 0.5) is 0 Å². The van der Waals surface area contributed by atoms with Crippen molar-refractivity contribution in [2.24, 2.45) is 7.05 Å². The molecule has 1 aromatic heterocycles. The first-order chi connectivity index (χ1) is 9.69. The maximum absolute atomic E-state index is 4.21. The number of rotatable bonds is 7. The monoisotopic (exact) mass is 272 g/mol. The van der Waals surface area contributed by atoms with E-state index in [0.29, 0.717) is 0 Å². The zero-order valence-electron chi connectivity index (χ0n) is 12.6. The molecule has 0 aliphatic rings. The number of nitrogens with zero attached hydrogens (tertiary/aromatic N) is 3. The van der Waals surface area contributed by atoms with Crippen molar-refractivity contribution in [3.63, 3.8) is 0 Å². The van der Waals surface area contributed by atoms with E-state index in [4.69, 9.17) is 0 Å². The van der Waals surface area contributed by atoms with Gasteiger partial charge in [-0.3, -0.25) is 9.58 Å². The van der Waals surface area contributed by atoms with E-state index < -0.39 is 0 Å². The fourth-order valence-electron chi connectivity index (χ4n) is 2.36. The zero-order valence-corrected chi connectivity index (χ0v) is 12.6. The van der Waals surface area contributed by atoms with E-state index in [2.05, 4.69) is 59.7 Å². The van der Waals surface area contributed by atoms with E-state index in [9.17, 15) is 0 Å². The first-order valence-electron chi connectivity index (χ1n) is 7.12. The maximum atomic E-state index is 4.21. The SMILES string of the molecule is CCNCc1ccccc1CN(C)Cc1cnn(C)c1. The first-order valence-corrected chi connectivity index (χ1v) is 7.12. The summed E-state index contributed by atoms with van der Waals surface area (Å²) in [5, 5.41) is 7.61. The Labute approximate surface area is 121 Å². The number of hydrogen-bond acceptors (Lipinski definition) is 3. The summed E-state index contributed by atoms with van der Waals surface area (Å²) in [7, 11) is 4.10. The highest BCUT2D eigenvalue weighted by Crippen LogP contribution is 2.12. The quantitative estimate of drug-likeness (QED) is 0.838. The third-order valence-corrected chi connectivity index (χ3v) is 3.33. The van der Waals surface area contributed by atoms with Crippen LogP contribution in [0.25, 0.3) is 0 Å². The highest BCUT2D eigenvalue weighted by molar-refractivity contribution is 5.27. The van der Waals surface area contributed by atoms with Gasteiger partial charge >= 0.3 is 0 Å². The molecule has 0 atom stereocenters. The van der Waals surface area contributed by atoms with E-state index in [1.54, 1.807) is 0 Å². The van der Waals surface area contributed by atoms with Crippen LogP contribution < -0.4 is 5.32 Å². The largest absolute Gasteiger partial charge is 0.313 e. The Balaban J connectivity index is 1.98. The summed E-state index contributed by atoms with van der Waals surface area (Å²) in [6.45, 7) is 5.95. The molecule has 0 unspecified atom stereocenters. The Morgan fingerprint density at radius 1 is 1.20 bits per heavy atom. The van der Waals surface area contributed by atoms with E-state index in [1.807, 2.05) is 17.9 Å². The normalized spacial score (nSPS) is 11.2. The minimum Gasteiger partial charge on any atom is -0.313 e. The highest BCUT2D eigenvalue weighted by atomic mass is 15.2. The Hall–Kier alpha value is -1.65. The molecule has 2 aromatic rings. The topological polar surface area (TPSA) is 33.1 Å². The van der Waals surface area contributed by atoms with Crippen molar-refractivity contribution >= 4 is 0 Å². The van der Waals surface area contributed by atoms with E-state index in [0.717, 1.165) is 26.2 Å². The summed E-state index contributed by atoms with van der Waals surface area (Å²) in [5.74, 6) is 0. The van der Waals surface area contributed by atoms with Crippen LogP contribution in [0.2, 0.25) is 0 Å². The average Bonchev–Trinajstić information content (AvgIpc) is 2.83. The summed E-state index contributed by atoms with van der Waals surface area (Å²) in [6.07, 6.45) is 4.00. The van der Waals surface area contributed by atoms with Crippen LogP contribution in [0.3, 0.4) is 0 Å². The van der Waals surface area contributed by atoms with Gasteiger partial charge in [-0.25, -0.2) is 0 Å². The average molecular weight is 272 g/mol. The molecule has 1 heterocycles. The molecule has 0 radical (unpaired) electrons. The van der Waals surface area contributed by atoms with Gasteiger partial charge in [0, 0.05) is 38.4 Å². The molecule has 1 aromatic carbocycles. The van der Waals surface area contributed by atoms with Gasteiger partial charge in [-0.1, -0.05) is 31.2 Å². The Kier molecular flexibility index (Phi) is 5.32. The second-order valence-electron chi connectivity index (χ2n) is 5.24. The third kappa shape index (κ3) is 4.18. The van der Waals surface area contributed by atoms with Crippen LogP contribution in [0, 0.1) is 0 Å². The van der Waals surface area contributed by atoms with Crippen molar-refractivity contribution in [2.75, 3.05) is 13.6 Å². The summed E-state index contributed by atoms with van der Waals surface area (Å²) in [4.78, 5) is 2.32. The first kappa shape index (κ1) is 14.8. The van der Waals surface area contributed by atoms with Crippen molar-refractivity contribution in [3.8, 4) is 0 Å². The van der Waals surface area contributed by atoms with Crippen molar-refractivity contribution in [1.29, 1.82) is 0 Å². The van der Waals surface area contributed by atoms with E-state index in [1.165, 1.54) is 16.7 Å². The smallest absolute Gasteiger partial charge is 0.0534 e. The Bertz CT molecular complexity index is 533. The van der Waals surface area contributed by atoms with Crippen LogP contribution >= 0.6 is 0 Å². The van der Waals surface area contributed by atoms with Gasteiger partial charge in [-0.05, 0) is 24.7 Å². The van der Waals surface area contributed by atoms with Gasteiger partial charge in [0.25, 0.3) is 0 Å². The van der Waals surface area contributed by atoms with Crippen LogP contribution in [0.15, 0.2) is 36.7 Å². The Morgan fingerprint density at radius 2 is 1.95 bits per heavy atom. The minimum atomic E-state index is 0.920. The number of nitrogens with one attached hydrogen (secondary N) is 1. The van der Waals surface area contributed by atoms with Crippen molar-refractivity contribution in [3.05, 3.63) is 53.3 Å². The highest BCUT2D eigenvalue weighted by Gasteiger charge is 2.06. The van der Waals surface area contributed by atoms with Gasteiger partial charge in [0.05, 0.1) is 6.20 Å². The standard InChI is InChI=1S/C16H24N4/c1-4-17-10-15-7-5-6-8-16(15)13-19(2)11-14-9-18-20(3)12-14/h5-9,12,17H,4,10-11,13H2,1-3H3. The van der Waals surface area contributed by atoms with Gasteiger partial charge in [0.1, 0.15) is 0 Å². The number of aryl methyl sites for hydroxylation is 1. The zero-order chi connectivity index (χ0) is 14.4. The lowest BCUT2D eigenvalue weighted by molar-refractivity contribution is 0.317. The number of benzene rings is 1. The molecule has 0 saturated heterocycles. The van der Waals surface area contributed by atoms with Gasteiger partial charge < -0.3 is 5.32 Å². The number of hydrogen-bond donors (Lipinski definition) is 1. The molecular formula is C16H24N4. The summed E-state index contributed by atoms with van der Waals surface area (Å²) in [6, 6.07) is 8.64. The third-order valence-electron chi connectivity index (χ3n) is 3.33. The second-order valence-corrected chi connectivity index (χ2v) is 5.24. The Morgan fingerprint density at radius 3 is 2.60 bits per heavy atom. The summed E-state index contributed by atoms with van der Waals surface area (Å²) in [5.41, 5.74) is 4.02. The maximum Gasteiger partial charge on any atom is 0.0534 e. The van der Waals surface area contributed by atoms with Crippen molar-refractivity contribution in [1.82, 2.24) is 20.0 Å². The molecule has 0 saturated carbocycles. The molecule has 20 heavy (non-hydrogen) atoms. The van der Waals surface area contributed by atoms with Crippen molar-refractivity contribution in [2.45, 2.75) is 26.6 Å². The predicted molar refractivity (Wildman–Crippen MR) is 82.2 cm³/mol. The molecule has 0 spiro atoms. The molecule has 4 nitrogen and oxygen atoms in total. The van der Waals surface area contributed by atoms with Crippen molar-refractivity contribution < 1.29 is 0 Å². The molecule has 4 heteroatoms. The number of aromatic nitrogens is 2. The second kappa shape index (κ2) is 7.22. The minimum absolute atomic E-state index is 0.920. The van der Waals surface area contributed by atoms with Crippen LogP contribution in [-0.2, 0) is 26.7 Å². The van der Waals surface area contributed by atoms with Gasteiger partial charge in [-0.15, -0.1) is 0 Å². The molecule has 0 fully saturated rings. The lowest BCUT2D eigenvalue weighted by Crippen LogP contribution is -2.20. The molecule has 0 bridgehead atoms. The molecule has 2 rings (SSSR count). The van der Waals surface area contributed by atoms with Gasteiger partial charge in [0.15, 0.2) is 0 Å². The lowest BCUT2D eigenvalue weighted by atomic mass is 10.1. The molecule has 1 N–H and O–H groups in total. The molecular weight excluding hydrogens is 248 g/mol.